The highest BCUT2D eigenvalue weighted by molar-refractivity contribution is 6.30. The Morgan fingerprint density at radius 3 is 2.60 bits per heavy atom. The van der Waals surface area contributed by atoms with E-state index in [1.807, 2.05) is 19.2 Å². The molecule has 1 atom stereocenters. The third-order valence-corrected chi connectivity index (χ3v) is 5.09. The van der Waals surface area contributed by atoms with Crippen LogP contribution in [0.25, 0.3) is 0 Å². The van der Waals surface area contributed by atoms with Crippen molar-refractivity contribution in [1.82, 2.24) is 5.32 Å². The molecule has 1 aliphatic rings. The van der Waals surface area contributed by atoms with Crippen molar-refractivity contribution in [2.24, 2.45) is 11.3 Å². The fourth-order valence-corrected chi connectivity index (χ4v) is 3.47. The van der Waals surface area contributed by atoms with Crippen molar-refractivity contribution in [3.8, 4) is 0 Å². The molecule has 3 heteroatoms. The Hall–Kier alpha value is -0.600. The lowest BCUT2D eigenvalue weighted by molar-refractivity contribution is 0.163. The monoisotopic (exact) mass is 297 g/mol. The summed E-state index contributed by atoms with van der Waals surface area (Å²) in [6.45, 7) is 4.68. The Balaban J connectivity index is 2.04. The molecule has 1 fully saturated rings. The molecule has 112 valence electrons. The molecule has 1 N–H and O–H groups in total. The minimum absolute atomic E-state index is 0.224. The molecule has 1 saturated carbocycles. The van der Waals surface area contributed by atoms with Gasteiger partial charge in [-0.05, 0) is 62.1 Å². The quantitative estimate of drug-likeness (QED) is 0.839. The first kappa shape index (κ1) is 15.8. The lowest BCUT2D eigenvalue weighted by Gasteiger charge is -2.38. The van der Waals surface area contributed by atoms with Gasteiger partial charge in [0.25, 0.3) is 0 Å². The summed E-state index contributed by atoms with van der Waals surface area (Å²) in [6.07, 6.45) is 5.68. The van der Waals surface area contributed by atoms with Crippen LogP contribution in [0.3, 0.4) is 0 Å². The highest BCUT2D eigenvalue weighted by atomic mass is 35.5. The van der Waals surface area contributed by atoms with Gasteiger partial charge in [-0.1, -0.05) is 37.6 Å². The predicted octanol–water partition coefficient (Wildman–Crippen LogP) is 4.83. The first-order valence-corrected chi connectivity index (χ1v) is 7.91. The largest absolute Gasteiger partial charge is 0.316 e. The van der Waals surface area contributed by atoms with E-state index in [9.17, 15) is 4.39 Å². The van der Waals surface area contributed by atoms with Crippen molar-refractivity contribution in [3.05, 3.63) is 34.6 Å². The molecular formula is C17H25ClFN. The second-order valence-corrected chi connectivity index (χ2v) is 7.22. The van der Waals surface area contributed by atoms with Crippen molar-refractivity contribution in [2.45, 2.75) is 52.0 Å². The Kier molecular flexibility index (Phi) is 5.09. The highest BCUT2D eigenvalue weighted by Crippen LogP contribution is 2.39. The van der Waals surface area contributed by atoms with E-state index in [-0.39, 0.29) is 10.8 Å². The number of hydrogen-bond acceptors (Lipinski definition) is 1. The van der Waals surface area contributed by atoms with Crippen LogP contribution in [0.2, 0.25) is 5.02 Å². The molecule has 2 rings (SSSR count). The van der Waals surface area contributed by atoms with Crippen LogP contribution < -0.4 is 5.32 Å². The Morgan fingerprint density at radius 2 is 2.00 bits per heavy atom. The second kappa shape index (κ2) is 6.44. The summed E-state index contributed by atoms with van der Waals surface area (Å²) < 4.78 is 14.0. The van der Waals surface area contributed by atoms with Gasteiger partial charge in [0.05, 0.1) is 5.02 Å². The smallest absolute Gasteiger partial charge is 0.145 e. The maximum Gasteiger partial charge on any atom is 0.145 e. The van der Waals surface area contributed by atoms with Gasteiger partial charge in [-0.15, -0.1) is 0 Å². The van der Waals surface area contributed by atoms with Crippen LogP contribution in [0.4, 0.5) is 4.39 Å². The van der Waals surface area contributed by atoms with Gasteiger partial charge in [0.1, 0.15) is 5.82 Å². The van der Waals surface area contributed by atoms with Crippen molar-refractivity contribution in [1.29, 1.82) is 0 Å². The average molecular weight is 298 g/mol. The number of halogens is 2. The molecule has 20 heavy (non-hydrogen) atoms. The minimum atomic E-state index is -0.259. The van der Waals surface area contributed by atoms with E-state index in [0.717, 1.165) is 5.56 Å². The third-order valence-electron chi connectivity index (χ3n) is 4.80. The summed E-state index contributed by atoms with van der Waals surface area (Å²) in [5.74, 6) is 0.372. The fraction of sp³-hybridized carbons (Fsp3) is 0.647. The molecule has 1 aliphatic carbocycles. The molecule has 0 spiro atoms. The number of benzene rings is 1. The second-order valence-electron chi connectivity index (χ2n) is 6.81. The Bertz CT molecular complexity index is 448. The van der Waals surface area contributed by atoms with Crippen LogP contribution in [0.1, 0.15) is 45.1 Å². The van der Waals surface area contributed by atoms with Crippen LogP contribution in [-0.2, 0) is 6.42 Å². The zero-order valence-electron chi connectivity index (χ0n) is 12.7. The van der Waals surface area contributed by atoms with Gasteiger partial charge in [-0.2, -0.15) is 0 Å². The average Bonchev–Trinajstić information content (AvgIpc) is 2.41. The SMILES string of the molecule is CNC(Cc1cccc(Cl)c1F)C1CCC(C)(C)CC1. The standard InChI is InChI=1S/C17H25ClFN/c1-17(2)9-7-12(8-10-17)15(20-3)11-13-5-4-6-14(18)16(13)19/h4-6,12,15,20H,7-11H2,1-3H3. The molecule has 0 bridgehead atoms. The Labute approximate surface area is 126 Å². The van der Waals surface area contributed by atoms with Crippen LogP contribution in [0, 0.1) is 17.2 Å². The summed E-state index contributed by atoms with van der Waals surface area (Å²) in [7, 11) is 1.98. The third kappa shape index (κ3) is 3.73. The summed E-state index contributed by atoms with van der Waals surface area (Å²) in [5, 5.41) is 3.61. The summed E-state index contributed by atoms with van der Waals surface area (Å²) in [5.41, 5.74) is 1.19. The van der Waals surface area contributed by atoms with Crippen molar-refractivity contribution >= 4 is 11.6 Å². The van der Waals surface area contributed by atoms with Gasteiger partial charge in [0.2, 0.25) is 0 Å². The highest BCUT2D eigenvalue weighted by Gasteiger charge is 2.31. The van der Waals surface area contributed by atoms with E-state index in [2.05, 4.69) is 19.2 Å². The van der Waals surface area contributed by atoms with Crippen molar-refractivity contribution in [2.75, 3.05) is 7.05 Å². The molecule has 1 aromatic carbocycles. The maximum absolute atomic E-state index is 14.0. The van der Waals surface area contributed by atoms with E-state index in [1.165, 1.54) is 25.7 Å². The summed E-state index contributed by atoms with van der Waals surface area (Å²) in [4.78, 5) is 0. The van der Waals surface area contributed by atoms with Gasteiger partial charge >= 0.3 is 0 Å². The zero-order chi connectivity index (χ0) is 14.8. The molecule has 1 aromatic rings. The normalized spacial score (nSPS) is 20.9. The molecule has 0 amide bonds. The van der Waals surface area contributed by atoms with E-state index < -0.39 is 0 Å². The maximum atomic E-state index is 14.0. The van der Waals surface area contributed by atoms with Crippen molar-refractivity contribution < 1.29 is 4.39 Å². The molecule has 1 unspecified atom stereocenters. The van der Waals surface area contributed by atoms with Crippen LogP contribution >= 0.6 is 11.6 Å². The van der Waals surface area contributed by atoms with Crippen LogP contribution in [0.15, 0.2) is 18.2 Å². The van der Waals surface area contributed by atoms with Gasteiger partial charge in [0, 0.05) is 6.04 Å². The number of hydrogen-bond donors (Lipinski definition) is 1. The molecule has 0 radical (unpaired) electrons. The number of rotatable bonds is 4. The first-order valence-electron chi connectivity index (χ1n) is 7.53. The van der Waals surface area contributed by atoms with Gasteiger partial charge < -0.3 is 5.32 Å². The zero-order valence-corrected chi connectivity index (χ0v) is 13.4. The van der Waals surface area contributed by atoms with E-state index in [1.54, 1.807) is 6.07 Å². The van der Waals surface area contributed by atoms with Gasteiger partial charge in [-0.25, -0.2) is 4.39 Å². The molecule has 0 aromatic heterocycles. The molecule has 0 heterocycles. The van der Waals surface area contributed by atoms with Crippen LogP contribution in [0.5, 0.6) is 0 Å². The van der Waals surface area contributed by atoms with E-state index in [4.69, 9.17) is 11.6 Å². The topological polar surface area (TPSA) is 12.0 Å². The summed E-state index contributed by atoms with van der Waals surface area (Å²) in [6, 6.07) is 5.62. The predicted molar refractivity (Wildman–Crippen MR) is 83.7 cm³/mol. The molecular weight excluding hydrogens is 273 g/mol. The number of likely N-dealkylation sites (N-methyl/N-ethyl adjacent to an activating group) is 1. The minimum Gasteiger partial charge on any atom is -0.316 e. The van der Waals surface area contributed by atoms with Crippen LogP contribution in [-0.4, -0.2) is 13.1 Å². The Morgan fingerprint density at radius 1 is 1.35 bits per heavy atom. The first-order chi connectivity index (χ1) is 9.43. The number of nitrogens with one attached hydrogen (secondary N) is 1. The summed E-state index contributed by atoms with van der Waals surface area (Å²) >= 11 is 5.87. The van der Waals surface area contributed by atoms with Gasteiger partial charge in [-0.3, -0.25) is 0 Å². The lowest BCUT2D eigenvalue weighted by Crippen LogP contribution is -2.39. The van der Waals surface area contributed by atoms with Crippen molar-refractivity contribution in [3.63, 3.8) is 0 Å². The van der Waals surface area contributed by atoms with E-state index >= 15 is 0 Å². The lowest BCUT2D eigenvalue weighted by atomic mass is 9.70. The molecule has 0 saturated heterocycles. The molecule has 1 nitrogen and oxygen atoms in total. The van der Waals surface area contributed by atoms with Gasteiger partial charge in [0.15, 0.2) is 0 Å². The fourth-order valence-electron chi connectivity index (χ4n) is 3.27. The van der Waals surface area contributed by atoms with E-state index in [0.29, 0.717) is 23.8 Å². The molecule has 0 aliphatic heterocycles.